The van der Waals surface area contributed by atoms with Crippen molar-refractivity contribution in [1.82, 2.24) is 20.0 Å². The minimum absolute atomic E-state index is 0.894. The molecule has 60 valence electrons. The van der Waals surface area contributed by atoms with Crippen LogP contribution in [0.4, 0.5) is 0 Å². The molecule has 4 nitrogen and oxygen atoms in total. The van der Waals surface area contributed by atoms with Gasteiger partial charge in [-0.15, -0.1) is 5.10 Å². The average molecular weight is 160 g/mol. The Hall–Kier alpha value is -1.71. The molecule has 0 aliphatic rings. The Morgan fingerprint density at radius 3 is 2.83 bits per heavy atom. The zero-order valence-electron chi connectivity index (χ0n) is 6.68. The number of pyridine rings is 1. The lowest BCUT2D eigenvalue weighted by Gasteiger charge is -1.97. The molecule has 0 spiro atoms. The maximum Gasteiger partial charge on any atom is 0.107 e. The third kappa shape index (κ3) is 1.07. The molecule has 0 atom stereocenters. The molecule has 0 amide bonds. The van der Waals surface area contributed by atoms with Crippen molar-refractivity contribution in [3.8, 4) is 11.4 Å². The molecular formula is C8H8N4. The fourth-order valence-electron chi connectivity index (χ4n) is 1.04. The second kappa shape index (κ2) is 2.73. The first-order chi connectivity index (χ1) is 5.88. The van der Waals surface area contributed by atoms with Crippen LogP contribution in [0.1, 0.15) is 0 Å². The van der Waals surface area contributed by atoms with Crippen LogP contribution in [0.3, 0.4) is 0 Å². The quantitative estimate of drug-likeness (QED) is 0.622. The topological polar surface area (TPSA) is 43.6 Å². The minimum Gasteiger partial charge on any atom is -0.255 e. The van der Waals surface area contributed by atoms with Gasteiger partial charge in [0.05, 0.1) is 11.9 Å². The summed E-state index contributed by atoms with van der Waals surface area (Å²) in [7, 11) is 1.84. The van der Waals surface area contributed by atoms with Gasteiger partial charge in [0, 0.05) is 13.2 Å². The number of hydrogen-bond acceptors (Lipinski definition) is 3. The van der Waals surface area contributed by atoms with Crippen molar-refractivity contribution < 1.29 is 0 Å². The van der Waals surface area contributed by atoms with Gasteiger partial charge in [-0.25, -0.2) is 4.68 Å². The van der Waals surface area contributed by atoms with Crippen molar-refractivity contribution in [1.29, 1.82) is 0 Å². The van der Waals surface area contributed by atoms with E-state index in [9.17, 15) is 0 Å². The standard InChI is InChI=1S/C8H8N4/c1-12-8(6-10-11-12)7-4-2-3-5-9-7/h2-6H,1H3. The van der Waals surface area contributed by atoms with Crippen molar-refractivity contribution in [2.45, 2.75) is 0 Å². The second-order valence-corrected chi connectivity index (χ2v) is 2.46. The van der Waals surface area contributed by atoms with E-state index in [0.717, 1.165) is 11.4 Å². The Morgan fingerprint density at radius 1 is 1.33 bits per heavy atom. The number of nitrogens with zero attached hydrogens (tertiary/aromatic N) is 4. The summed E-state index contributed by atoms with van der Waals surface area (Å²) in [4.78, 5) is 4.18. The lowest BCUT2D eigenvalue weighted by atomic mass is 10.3. The zero-order valence-corrected chi connectivity index (χ0v) is 6.68. The SMILES string of the molecule is Cn1nncc1-c1ccccn1. The summed E-state index contributed by atoms with van der Waals surface area (Å²) in [5.41, 5.74) is 1.82. The number of aromatic nitrogens is 4. The van der Waals surface area contributed by atoms with Crippen LogP contribution in [0.5, 0.6) is 0 Å². The van der Waals surface area contributed by atoms with Gasteiger partial charge in [-0.2, -0.15) is 0 Å². The van der Waals surface area contributed by atoms with Crippen molar-refractivity contribution in [3.63, 3.8) is 0 Å². The zero-order chi connectivity index (χ0) is 8.39. The molecule has 0 saturated heterocycles. The molecule has 0 aromatic carbocycles. The highest BCUT2D eigenvalue weighted by Crippen LogP contribution is 2.11. The first-order valence-corrected chi connectivity index (χ1v) is 3.64. The fourth-order valence-corrected chi connectivity index (χ4v) is 1.04. The highest BCUT2D eigenvalue weighted by molar-refractivity contribution is 5.51. The molecule has 2 heterocycles. The van der Waals surface area contributed by atoms with E-state index < -0.39 is 0 Å². The first kappa shape index (κ1) is 6.97. The van der Waals surface area contributed by atoms with E-state index in [1.54, 1.807) is 17.1 Å². The highest BCUT2D eigenvalue weighted by atomic mass is 15.4. The molecule has 2 aromatic heterocycles. The van der Waals surface area contributed by atoms with Crippen LogP contribution in [0.2, 0.25) is 0 Å². The Morgan fingerprint density at radius 2 is 2.25 bits per heavy atom. The van der Waals surface area contributed by atoms with Crippen LogP contribution >= 0.6 is 0 Å². The van der Waals surface area contributed by atoms with E-state index in [4.69, 9.17) is 0 Å². The van der Waals surface area contributed by atoms with Gasteiger partial charge >= 0.3 is 0 Å². The van der Waals surface area contributed by atoms with Crippen molar-refractivity contribution in [2.75, 3.05) is 0 Å². The Labute approximate surface area is 69.9 Å². The van der Waals surface area contributed by atoms with Crippen LogP contribution in [0, 0.1) is 0 Å². The highest BCUT2D eigenvalue weighted by Gasteiger charge is 2.02. The molecule has 0 radical (unpaired) electrons. The van der Waals surface area contributed by atoms with E-state index in [1.165, 1.54) is 0 Å². The van der Waals surface area contributed by atoms with Gasteiger partial charge in [-0.3, -0.25) is 4.98 Å². The van der Waals surface area contributed by atoms with Gasteiger partial charge in [-0.05, 0) is 12.1 Å². The number of rotatable bonds is 1. The molecule has 0 N–H and O–H groups in total. The molecule has 4 heteroatoms. The summed E-state index contributed by atoms with van der Waals surface area (Å²) in [6, 6.07) is 5.75. The third-order valence-electron chi connectivity index (χ3n) is 1.64. The van der Waals surface area contributed by atoms with Crippen LogP contribution in [-0.4, -0.2) is 20.0 Å². The van der Waals surface area contributed by atoms with Gasteiger partial charge in [0.1, 0.15) is 5.69 Å². The maximum absolute atomic E-state index is 4.18. The van der Waals surface area contributed by atoms with Gasteiger partial charge in [0.25, 0.3) is 0 Å². The summed E-state index contributed by atoms with van der Waals surface area (Å²) in [5.74, 6) is 0. The molecule has 0 bridgehead atoms. The van der Waals surface area contributed by atoms with E-state index >= 15 is 0 Å². The molecule has 0 saturated carbocycles. The van der Waals surface area contributed by atoms with Crippen LogP contribution in [0.25, 0.3) is 11.4 Å². The van der Waals surface area contributed by atoms with E-state index in [1.807, 2.05) is 25.2 Å². The van der Waals surface area contributed by atoms with Gasteiger partial charge in [0.15, 0.2) is 0 Å². The molecule has 0 aliphatic heterocycles. The third-order valence-corrected chi connectivity index (χ3v) is 1.64. The maximum atomic E-state index is 4.18. The molecule has 2 rings (SSSR count). The fraction of sp³-hybridized carbons (Fsp3) is 0.125. The first-order valence-electron chi connectivity index (χ1n) is 3.64. The Bertz CT molecular complexity index is 366. The predicted octanol–water partition coefficient (Wildman–Crippen LogP) is 0.877. The average Bonchev–Trinajstić information content (AvgIpc) is 2.53. The summed E-state index contributed by atoms with van der Waals surface area (Å²) in [6.07, 6.45) is 3.45. The van der Waals surface area contributed by atoms with Gasteiger partial charge in [0.2, 0.25) is 0 Å². The number of aryl methyl sites for hydroxylation is 1. The minimum atomic E-state index is 0.894. The molecule has 0 fully saturated rings. The van der Waals surface area contributed by atoms with Crippen LogP contribution in [0.15, 0.2) is 30.6 Å². The monoisotopic (exact) mass is 160 g/mol. The predicted molar refractivity (Wildman–Crippen MR) is 44.2 cm³/mol. The molecular weight excluding hydrogens is 152 g/mol. The smallest absolute Gasteiger partial charge is 0.107 e. The van der Waals surface area contributed by atoms with E-state index in [2.05, 4.69) is 15.3 Å². The Kier molecular flexibility index (Phi) is 1.59. The molecule has 2 aromatic rings. The molecule has 0 aliphatic carbocycles. The van der Waals surface area contributed by atoms with Crippen molar-refractivity contribution in [3.05, 3.63) is 30.6 Å². The second-order valence-electron chi connectivity index (χ2n) is 2.46. The van der Waals surface area contributed by atoms with Crippen LogP contribution in [-0.2, 0) is 7.05 Å². The van der Waals surface area contributed by atoms with Gasteiger partial charge in [-0.1, -0.05) is 11.3 Å². The Balaban J connectivity index is 2.51. The lowest BCUT2D eigenvalue weighted by Crippen LogP contribution is -1.94. The van der Waals surface area contributed by atoms with Crippen molar-refractivity contribution >= 4 is 0 Å². The van der Waals surface area contributed by atoms with Crippen LogP contribution < -0.4 is 0 Å². The summed E-state index contributed by atoms with van der Waals surface area (Å²) < 4.78 is 1.70. The largest absolute Gasteiger partial charge is 0.255 e. The van der Waals surface area contributed by atoms with Crippen molar-refractivity contribution in [2.24, 2.45) is 7.05 Å². The lowest BCUT2D eigenvalue weighted by molar-refractivity contribution is 0.719. The summed E-state index contributed by atoms with van der Waals surface area (Å²) in [5, 5.41) is 7.59. The molecule has 0 unspecified atom stereocenters. The van der Waals surface area contributed by atoms with E-state index in [-0.39, 0.29) is 0 Å². The molecule has 12 heavy (non-hydrogen) atoms. The summed E-state index contributed by atoms with van der Waals surface area (Å²) in [6.45, 7) is 0. The summed E-state index contributed by atoms with van der Waals surface area (Å²) >= 11 is 0. The number of hydrogen-bond donors (Lipinski definition) is 0. The van der Waals surface area contributed by atoms with E-state index in [0.29, 0.717) is 0 Å². The normalized spacial score (nSPS) is 10.1. The van der Waals surface area contributed by atoms with Gasteiger partial charge < -0.3 is 0 Å².